The van der Waals surface area contributed by atoms with E-state index in [1.165, 1.54) is 12.1 Å². The number of fused-ring (bicyclic) bond motifs is 1. The van der Waals surface area contributed by atoms with E-state index in [4.69, 9.17) is 0 Å². The van der Waals surface area contributed by atoms with Crippen molar-refractivity contribution in [3.63, 3.8) is 0 Å². The van der Waals surface area contributed by atoms with Gasteiger partial charge in [0.2, 0.25) is 5.91 Å². The van der Waals surface area contributed by atoms with Crippen LogP contribution in [0.1, 0.15) is 43.0 Å². The second-order valence-corrected chi connectivity index (χ2v) is 7.25. The number of Topliss-reactive ketones (excluding diaryl/α,β-unsaturated/α-hetero) is 1. The maximum Gasteiger partial charge on any atom is 0.341 e. The number of esters is 1. The molecular formula is C21H22NO6. The molecule has 5 radical (unpaired) electrons. The highest BCUT2D eigenvalue weighted by Crippen LogP contribution is 2.50. The summed E-state index contributed by atoms with van der Waals surface area (Å²) in [4.78, 5) is 36.8. The maximum atomic E-state index is 12.8. The van der Waals surface area contributed by atoms with E-state index in [0.29, 0.717) is 12.8 Å². The standard InChI is InChI=1S/C21H22NO6/c1-21(10-8-12-4-3-5-13(12)19(21)26)11-9-16(24)22-17-15(23)7-6-14(18(17)25)20(27)28-2/h3-7,23,25H,8-11H2,1-2H3,(H,22,24). The van der Waals surface area contributed by atoms with Crippen molar-refractivity contribution in [2.24, 2.45) is 5.41 Å². The molecule has 7 nitrogen and oxygen atoms in total. The lowest BCUT2D eigenvalue weighted by Crippen LogP contribution is -2.39. The molecule has 0 bridgehead atoms. The van der Waals surface area contributed by atoms with Gasteiger partial charge in [-0.3, -0.25) is 9.59 Å². The molecule has 1 atom stereocenters. The Hall–Kier alpha value is -2.57. The fraction of sp³-hybridized carbons (Fsp3) is 0.333. The monoisotopic (exact) mass is 384 g/mol. The topological polar surface area (TPSA) is 113 Å². The first-order valence-electron chi connectivity index (χ1n) is 8.99. The predicted molar refractivity (Wildman–Crippen MR) is 101 cm³/mol. The van der Waals surface area contributed by atoms with Crippen LogP contribution in [0.5, 0.6) is 11.5 Å². The SMILES string of the molecule is COC(=O)c1ccc(O)c(NC(=O)CCC2(C)CC[C]3[CH][CH][CH][C]3C2=O)c1O. The van der Waals surface area contributed by atoms with Crippen molar-refractivity contribution < 1.29 is 29.3 Å². The first-order chi connectivity index (χ1) is 13.3. The Morgan fingerprint density at radius 1 is 1.25 bits per heavy atom. The molecule has 0 aliphatic heterocycles. The summed E-state index contributed by atoms with van der Waals surface area (Å²) in [6.45, 7) is 1.85. The zero-order chi connectivity index (χ0) is 20.5. The van der Waals surface area contributed by atoms with Crippen LogP contribution in [0.15, 0.2) is 12.1 Å². The van der Waals surface area contributed by atoms with Gasteiger partial charge in [0.15, 0.2) is 5.75 Å². The van der Waals surface area contributed by atoms with Crippen molar-refractivity contribution >= 4 is 23.3 Å². The summed E-state index contributed by atoms with van der Waals surface area (Å²) < 4.78 is 4.56. The number of anilines is 1. The Bertz CT molecular complexity index is 804. The number of amides is 1. The van der Waals surface area contributed by atoms with Gasteiger partial charge < -0.3 is 20.3 Å². The lowest BCUT2D eigenvalue weighted by atomic mass is 9.64. The van der Waals surface area contributed by atoms with E-state index < -0.39 is 23.0 Å². The summed E-state index contributed by atoms with van der Waals surface area (Å²) in [5.41, 5.74) is -1.07. The van der Waals surface area contributed by atoms with Gasteiger partial charge >= 0.3 is 5.97 Å². The summed E-state index contributed by atoms with van der Waals surface area (Å²) in [6.07, 6.45) is 7.42. The summed E-state index contributed by atoms with van der Waals surface area (Å²) in [7, 11) is 1.16. The van der Waals surface area contributed by atoms with Crippen LogP contribution in [0.4, 0.5) is 5.69 Å². The van der Waals surface area contributed by atoms with Crippen LogP contribution in [-0.2, 0) is 14.3 Å². The Labute approximate surface area is 164 Å². The van der Waals surface area contributed by atoms with Gasteiger partial charge in [-0.25, -0.2) is 4.79 Å². The van der Waals surface area contributed by atoms with Crippen LogP contribution in [0, 0.1) is 36.5 Å². The number of aromatic hydroxyl groups is 2. The number of carbonyl (C=O) groups excluding carboxylic acids is 3. The van der Waals surface area contributed by atoms with E-state index in [1.54, 1.807) is 0 Å². The largest absolute Gasteiger partial charge is 0.506 e. The molecule has 1 aromatic carbocycles. The fourth-order valence-electron chi connectivity index (χ4n) is 3.55. The molecule has 7 heteroatoms. The normalized spacial score (nSPS) is 22.7. The number of nitrogens with one attached hydrogen (secondary N) is 1. The number of ether oxygens (including phenoxy) is 1. The van der Waals surface area contributed by atoms with Crippen molar-refractivity contribution in [1.29, 1.82) is 0 Å². The van der Waals surface area contributed by atoms with Crippen LogP contribution in [-0.4, -0.2) is 35.0 Å². The minimum absolute atomic E-state index is 0.0274. The van der Waals surface area contributed by atoms with Crippen molar-refractivity contribution in [2.45, 2.75) is 32.6 Å². The predicted octanol–water partition coefficient (Wildman–Crippen LogP) is 2.75. The van der Waals surface area contributed by atoms with E-state index in [0.717, 1.165) is 25.4 Å². The Morgan fingerprint density at radius 2 is 2.00 bits per heavy atom. The molecule has 1 aromatic rings. The molecule has 147 valence electrons. The maximum absolute atomic E-state index is 12.8. The average Bonchev–Trinajstić information content (AvgIpc) is 3.15. The number of phenols is 2. The number of phenolic OH excluding ortho intramolecular Hbond substituents is 2. The molecule has 1 unspecified atom stereocenters. The molecule has 0 saturated heterocycles. The first-order valence-corrected chi connectivity index (χ1v) is 8.99. The molecule has 2 aliphatic carbocycles. The van der Waals surface area contributed by atoms with Gasteiger partial charge in [-0.05, 0) is 56.6 Å². The van der Waals surface area contributed by atoms with E-state index in [1.807, 2.05) is 26.2 Å². The number of ketones is 1. The van der Waals surface area contributed by atoms with Gasteiger partial charge in [0.05, 0.1) is 13.0 Å². The summed E-state index contributed by atoms with van der Waals surface area (Å²) in [5, 5.41) is 22.5. The minimum Gasteiger partial charge on any atom is -0.506 e. The minimum atomic E-state index is -0.793. The highest BCUT2D eigenvalue weighted by molar-refractivity contribution is 6.04. The Balaban J connectivity index is 1.66. The average molecular weight is 384 g/mol. The first kappa shape index (κ1) is 20.2. The van der Waals surface area contributed by atoms with Crippen LogP contribution in [0.3, 0.4) is 0 Å². The molecule has 0 aromatic heterocycles. The van der Waals surface area contributed by atoms with Crippen molar-refractivity contribution in [3.05, 3.63) is 48.8 Å². The van der Waals surface area contributed by atoms with Crippen molar-refractivity contribution in [1.82, 2.24) is 0 Å². The van der Waals surface area contributed by atoms with Crippen LogP contribution >= 0.6 is 0 Å². The van der Waals surface area contributed by atoms with Crippen LogP contribution in [0.25, 0.3) is 0 Å². The summed E-state index contributed by atoms with van der Waals surface area (Å²) in [6, 6.07) is 2.38. The molecule has 2 aliphatic rings. The van der Waals surface area contributed by atoms with Crippen LogP contribution < -0.4 is 5.32 Å². The van der Waals surface area contributed by atoms with Gasteiger partial charge in [-0.2, -0.15) is 0 Å². The molecular weight excluding hydrogens is 362 g/mol. The number of hydrogen-bond donors (Lipinski definition) is 3. The zero-order valence-electron chi connectivity index (χ0n) is 15.7. The summed E-state index contributed by atoms with van der Waals surface area (Å²) >= 11 is 0. The van der Waals surface area contributed by atoms with Gasteiger partial charge in [0.1, 0.15) is 22.8 Å². The molecule has 1 amide bonds. The van der Waals surface area contributed by atoms with Crippen LogP contribution in [0.2, 0.25) is 0 Å². The van der Waals surface area contributed by atoms with E-state index in [2.05, 4.69) is 10.1 Å². The third-order valence-electron chi connectivity index (χ3n) is 5.37. The summed E-state index contributed by atoms with van der Waals surface area (Å²) in [5.74, 6) is -0.420. The molecule has 3 N–H and O–H groups in total. The van der Waals surface area contributed by atoms with Crippen molar-refractivity contribution in [3.8, 4) is 11.5 Å². The number of benzene rings is 1. The Morgan fingerprint density at radius 3 is 2.71 bits per heavy atom. The zero-order valence-corrected chi connectivity index (χ0v) is 15.7. The highest BCUT2D eigenvalue weighted by Gasteiger charge is 2.48. The number of hydrogen-bond acceptors (Lipinski definition) is 6. The lowest BCUT2D eigenvalue weighted by Gasteiger charge is -2.37. The van der Waals surface area contributed by atoms with E-state index in [-0.39, 0.29) is 29.2 Å². The molecule has 2 saturated carbocycles. The quantitative estimate of drug-likeness (QED) is 0.531. The Kier molecular flexibility index (Phi) is 5.63. The van der Waals surface area contributed by atoms with Gasteiger partial charge in [-0.1, -0.05) is 6.92 Å². The third kappa shape index (κ3) is 3.70. The van der Waals surface area contributed by atoms with Crippen molar-refractivity contribution in [2.75, 3.05) is 12.4 Å². The van der Waals surface area contributed by atoms with Gasteiger partial charge in [0.25, 0.3) is 0 Å². The third-order valence-corrected chi connectivity index (χ3v) is 5.37. The number of rotatable bonds is 5. The van der Waals surface area contributed by atoms with E-state index in [9.17, 15) is 24.6 Å². The fourth-order valence-corrected chi connectivity index (χ4v) is 3.55. The van der Waals surface area contributed by atoms with Gasteiger partial charge in [-0.15, -0.1) is 0 Å². The molecule has 3 rings (SSSR count). The molecule has 0 heterocycles. The second-order valence-electron chi connectivity index (χ2n) is 7.25. The highest BCUT2D eigenvalue weighted by atomic mass is 16.5. The molecule has 28 heavy (non-hydrogen) atoms. The van der Waals surface area contributed by atoms with Gasteiger partial charge in [0, 0.05) is 11.8 Å². The lowest BCUT2D eigenvalue weighted by molar-refractivity contribution is -0.128. The molecule has 2 fully saturated rings. The second kappa shape index (κ2) is 7.81. The smallest absolute Gasteiger partial charge is 0.341 e. The number of methoxy groups -OCH3 is 1. The number of carbonyl (C=O) groups is 3. The molecule has 0 spiro atoms. The van der Waals surface area contributed by atoms with E-state index >= 15 is 0 Å².